The SMILES string of the molecule is COc1cccc(C(=O)N2CCNC(C)C2C)c1OC.Cl. The highest BCUT2D eigenvalue weighted by Gasteiger charge is 2.30. The van der Waals surface area contributed by atoms with Crippen molar-refractivity contribution >= 4 is 18.3 Å². The van der Waals surface area contributed by atoms with Crippen molar-refractivity contribution in [3.05, 3.63) is 23.8 Å². The molecule has 1 aromatic carbocycles. The number of hydrogen-bond acceptors (Lipinski definition) is 4. The maximum Gasteiger partial charge on any atom is 0.258 e. The maximum absolute atomic E-state index is 12.8. The molecule has 1 N–H and O–H groups in total. The van der Waals surface area contributed by atoms with Gasteiger partial charge in [-0.3, -0.25) is 4.79 Å². The molecule has 118 valence electrons. The van der Waals surface area contributed by atoms with Crippen molar-refractivity contribution in [2.75, 3.05) is 27.3 Å². The summed E-state index contributed by atoms with van der Waals surface area (Å²) in [4.78, 5) is 14.7. The molecule has 1 aromatic rings. The molecule has 1 heterocycles. The lowest BCUT2D eigenvalue weighted by atomic mass is 10.0. The van der Waals surface area contributed by atoms with Gasteiger partial charge in [-0.2, -0.15) is 0 Å². The van der Waals surface area contributed by atoms with Gasteiger partial charge in [-0.15, -0.1) is 12.4 Å². The van der Waals surface area contributed by atoms with Crippen LogP contribution in [0.25, 0.3) is 0 Å². The first kappa shape index (κ1) is 17.6. The number of halogens is 1. The summed E-state index contributed by atoms with van der Waals surface area (Å²) >= 11 is 0. The van der Waals surface area contributed by atoms with Gasteiger partial charge >= 0.3 is 0 Å². The molecule has 21 heavy (non-hydrogen) atoms. The Hall–Kier alpha value is -1.46. The van der Waals surface area contributed by atoms with Crippen LogP contribution >= 0.6 is 12.4 Å². The minimum absolute atomic E-state index is 0. The second-order valence-corrected chi connectivity index (χ2v) is 5.02. The van der Waals surface area contributed by atoms with Gasteiger partial charge in [0.2, 0.25) is 0 Å². The van der Waals surface area contributed by atoms with Crippen LogP contribution in [0.4, 0.5) is 0 Å². The van der Waals surface area contributed by atoms with Gasteiger partial charge in [0.15, 0.2) is 11.5 Å². The molecule has 2 unspecified atom stereocenters. The van der Waals surface area contributed by atoms with Gasteiger partial charge in [-0.1, -0.05) is 6.07 Å². The zero-order valence-corrected chi connectivity index (χ0v) is 13.7. The topological polar surface area (TPSA) is 50.8 Å². The number of carbonyl (C=O) groups is 1. The van der Waals surface area contributed by atoms with Crippen LogP contribution in [-0.2, 0) is 0 Å². The number of ether oxygens (including phenoxy) is 2. The van der Waals surface area contributed by atoms with Crippen LogP contribution in [0.3, 0.4) is 0 Å². The van der Waals surface area contributed by atoms with Crippen molar-refractivity contribution in [3.8, 4) is 11.5 Å². The summed E-state index contributed by atoms with van der Waals surface area (Å²) < 4.78 is 10.6. The molecule has 0 bridgehead atoms. The van der Waals surface area contributed by atoms with E-state index in [1.165, 1.54) is 0 Å². The average Bonchev–Trinajstić information content (AvgIpc) is 2.48. The van der Waals surface area contributed by atoms with E-state index in [-0.39, 0.29) is 30.4 Å². The average molecular weight is 315 g/mol. The molecule has 1 aliphatic heterocycles. The van der Waals surface area contributed by atoms with Crippen molar-refractivity contribution in [2.24, 2.45) is 0 Å². The normalized spacial score (nSPS) is 21.4. The lowest BCUT2D eigenvalue weighted by Crippen LogP contribution is -2.57. The molecule has 1 saturated heterocycles. The van der Waals surface area contributed by atoms with Crippen molar-refractivity contribution in [2.45, 2.75) is 25.9 Å². The summed E-state index contributed by atoms with van der Waals surface area (Å²) in [5.74, 6) is 1.06. The van der Waals surface area contributed by atoms with Crippen LogP contribution in [0, 0.1) is 0 Å². The number of nitrogens with zero attached hydrogens (tertiary/aromatic N) is 1. The van der Waals surface area contributed by atoms with E-state index in [1.54, 1.807) is 26.4 Å². The van der Waals surface area contributed by atoms with Crippen LogP contribution in [-0.4, -0.2) is 50.2 Å². The molecule has 1 fully saturated rings. The van der Waals surface area contributed by atoms with Crippen molar-refractivity contribution in [3.63, 3.8) is 0 Å². The zero-order chi connectivity index (χ0) is 14.7. The molecule has 2 atom stereocenters. The molecule has 5 nitrogen and oxygen atoms in total. The smallest absolute Gasteiger partial charge is 0.258 e. The van der Waals surface area contributed by atoms with E-state index in [2.05, 4.69) is 19.2 Å². The number of amides is 1. The van der Waals surface area contributed by atoms with Crippen molar-refractivity contribution < 1.29 is 14.3 Å². The molecule has 2 rings (SSSR count). The number of piperazine rings is 1. The number of benzene rings is 1. The van der Waals surface area contributed by atoms with Crippen LogP contribution in [0.15, 0.2) is 18.2 Å². The van der Waals surface area contributed by atoms with Gasteiger partial charge in [-0.25, -0.2) is 0 Å². The first-order valence-electron chi connectivity index (χ1n) is 6.85. The second-order valence-electron chi connectivity index (χ2n) is 5.02. The Balaban J connectivity index is 0.00000220. The lowest BCUT2D eigenvalue weighted by molar-refractivity contribution is 0.0599. The van der Waals surface area contributed by atoms with E-state index in [4.69, 9.17) is 9.47 Å². The highest BCUT2D eigenvalue weighted by Crippen LogP contribution is 2.32. The van der Waals surface area contributed by atoms with Crippen LogP contribution in [0.5, 0.6) is 11.5 Å². The summed E-state index contributed by atoms with van der Waals surface area (Å²) in [5, 5.41) is 3.37. The molecule has 0 radical (unpaired) electrons. The summed E-state index contributed by atoms with van der Waals surface area (Å²) in [7, 11) is 3.13. The molecule has 6 heteroatoms. The second kappa shape index (κ2) is 7.52. The molecular weight excluding hydrogens is 292 g/mol. The predicted octanol–water partition coefficient (Wildman–Crippen LogP) is 1.95. The first-order chi connectivity index (χ1) is 9.60. The Morgan fingerprint density at radius 3 is 2.62 bits per heavy atom. The first-order valence-corrected chi connectivity index (χ1v) is 6.85. The number of nitrogens with one attached hydrogen (secondary N) is 1. The number of hydrogen-bond donors (Lipinski definition) is 1. The van der Waals surface area contributed by atoms with Crippen molar-refractivity contribution in [1.29, 1.82) is 0 Å². The fourth-order valence-electron chi connectivity index (χ4n) is 2.55. The van der Waals surface area contributed by atoms with E-state index in [9.17, 15) is 4.79 Å². The van der Waals surface area contributed by atoms with Crippen LogP contribution in [0.1, 0.15) is 24.2 Å². The molecular formula is C15H23ClN2O3. The summed E-state index contributed by atoms with van der Waals surface area (Å²) in [6, 6.07) is 5.81. The van der Waals surface area contributed by atoms with E-state index < -0.39 is 0 Å². The highest BCUT2D eigenvalue weighted by molar-refractivity contribution is 5.98. The Bertz CT molecular complexity index is 496. The Morgan fingerprint density at radius 2 is 2.00 bits per heavy atom. The van der Waals surface area contributed by atoms with Gasteiger partial charge in [0.1, 0.15) is 0 Å². The van der Waals surface area contributed by atoms with Gasteiger partial charge in [0.25, 0.3) is 5.91 Å². The Labute approximate surface area is 132 Å². The van der Waals surface area contributed by atoms with E-state index in [1.807, 2.05) is 11.0 Å². The summed E-state index contributed by atoms with van der Waals surface area (Å²) in [5.41, 5.74) is 0.549. The van der Waals surface area contributed by atoms with E-state index in [0.29, 0.717) is 23.6 Å². The standard InChI is InChI=1S/C15H22N2O3.ClH/c1-10-11(2)17(9-8-16-10)15(18)12-6-5-7-13(19-3)14(12)20-4;/h5-7,10-11,16H,8-9H2,1-4H3;1H. The van der Waals surface area contributed by atoms with Crippen molar-refractivity contribution in [1.82, 2.24) is 10.2 Å². The Kier molecular flexibility index (Phi) is 6.30. The third-order valence-corrected chi connectivity index (χ3v) is 3.93. The maximum atomic E-state index is 12.8. The van der Waals surface area contributed by atoms with E-state index >= 15 is 0 Å². The largest absolute Gasteiger partial charge is 0.493 e. The molecule has 1 aliphatic rings. The summed E-state index contributed by atoms with van der Waals surface area (Å²) in [6.45, 7) is 5.66. The third kappa shape index (κ3) is 3.41. The van der Waals surface area contributed by atoms with E-state index in [0.717, 1.165) is 6.54 Å². The van der Waals surface area contributed by atoms with Gasteiger partial charge in [0, 0.05) is 25.2 Å². The number of carbonyl (C=O) groups excluding carboxylic acids is 1. The van der Waals surface area contributed by atoms with Crippen LogP contribution in [0.2, 0.25) is 0 Å². The summed E-state index contributed by atoms with van der Waals surface area (Å²) in [6.07, 6.45) is 0. The minimum atomic E-state index is -0.0124. The lowest BCUT2D eigenvalue weighted by Gasteiger charge is -2.38. The highest BCUT2D eigenvalue weighted by atomic mass is 35.5. The quantitative estimate of drug-likeness (QED) is 0.926. The minimum Gasteiger partial charge on any atom is -0.493 e. The third-order valence-electron chi connectivity index (χ3n) is 3.93. The number of rotatable bonds is 3. The molecule has 0 spiro atoms. The van der Waals surface area contributed by atoms with Gasteiger partial charge in [-0.05, 0) is 26.0 Å². The Morgan fingerprint density at radius 1 is 1.29 bits per heavy atom. The molecule has 0 aromatic heterocycles. The van der Waals surface area contributed by atoms with Crippen LogP contribution < -0.4 is 14.8 Å². The number of para-hydroxylation sites is 1. The predicted molar refractivity (Wildman–Crippen MR) is 84.8 cm³/mol. The monoisotopic (exact) mass is 314 g/mol. The van der Waals surface area contributed by atoms with Gasteiger partial charge < -0.3 is 19.7 Å². The van der Waals surface area contributed by atoms with Gasteiger partial charge in [0.05, 0.1) is 19.8 Å². The molecule has 0 aliphatic carbocycles. The fourth-order valence-corrected chi connectivity index (χ4v) is 2.55. The molecule has 1 amide bonds. The fraction of sp³-hybridized carbons (Fsp3) is 0.533. The zero-order valence-electron chi connectivity index (χ0n) is 12.9. The number of methoxy groups -OCH3 is 2. The molecule has 0 saturated carbocycles.